The molecule has 98 valence electrons. The number of benzene rings is 1. The van der Waals surface area contributed by atoms with Gasteiger partial charge in [-0.25, -0.2) is 9.97 Å². The standard InChI is InChI=1S/C13H12ClN3O2/c14-10-4-1-2-5-11(10)19-9-6-12(18)17-13-15-7-3-8-16-13/h1-5,7-8H,6,9H2,(H,15,16,17,18). The molecule has 2 rings (SSSR count). The Balaban J connectivity index is 1.77. The molecular weight excluding hydrogens is 266 g/mol. The average molecular weight is 278 g/mol. The minimum atomic E-state index is -0.210. The quantitative estimate of drug-likeness (QED) is 0.912. The van der Waals surface area contributed by atoms with Gasteiger partial charge in [0.05, 0.1) is 18.1 Å². The number of hydrogen-bond acceptors (Lipinski definition) is 4. The second-order valence-electron chi connectivity index (χ2n) is 3.65. The maximum Gasteiger partial charge on any atom is 0.230 e. The van der Waals surface area contributed by atoms with E-state index in [-0.39, 0.29) is 24.9 Å². The summed E-state index contributed by atoms with van der Waals surface area (Å²) in [7, 11) is 0. The Morgan fingerprint density at radius 2 is 1.95 bits per heavy atom. The van der Waals surface area contributed by atoms with Gasteiger partial charge in [0.2, 0.25) is 11.9 Å². The minimum absolute atomic E-state index is 0.198. The highest BCUT2D eigenvalue weighted by Crippen LogP contribution is 2.23. The van der Waals surface area contributed by atoms with Crippen molar-refractivity contribution in [3.05, 3.63) is 47.7 Å². The molecule has 0 spiro atoms. The third-order valence-electron chi connectivity index (χ3n) is 2.24. The topological polar surface area (TPSA) is 64.1 Å². The van der Waals surface area contributed by atoms with Crippen LogP contribution in [-0.2, 0) is 4.79 Å². The van der Waals surface area contributed by atoms with Crippen LogP contribution in [0.4, 0.5) is 5.95 Å². The van der Waals surface area contributed by atoms with Crippen molar-refractivity contribution >= 4 is 23.5 Å². The number of hydrogen-bond donors (Lipinski definition) is 1. The third-order valence-corrected chi connectivity index (χ3v) is 2.55. The molecule has 1 amide bonds. The molecule has 1 heterocycles. The first-order chi connectivity index (χ1) is 9.25. The van der Waals surface area contributed by atoms with Crippen molar-refractivity contribution in [3.8, 4) is 5.75 Å². The van der Waals surface area contributed by atoms with E-state index in [0.29, 0.717) is 10.8 Å². The van der Waals surface area contributed by atoms with Gasteiger partial charge in [0, 0.05) is 12.4 Å². The van der Waals surface area contributed by atoms with E-state index in [1.165, 1.54) is 0 Å². The molecular formula is C13H12ClN3O2. The molecule has 0 aliphatic carbocycles. The normalized spacial score (nSPS) is 9.95. The number of aromatic nitrogens is 2. The Labute approximate surface area is 115 Å². The lowest BCUT2D eigenvalue weighted by Crippen LogP contribution is -2.16. The Hall–Kier alpha value is -2.14. The van der Waals surface area contributed by atoms with Crippen LogP contribution in [0.3, 0.4) is 0 Å². The number of nitrogens with zero attached hydrogens (tertiary/aromatic N) is 2. The van der Waals surface area contributed by atoms with E-state index in [1.807, 2.05) is 12.1 Å². The highest BCUT2D eigenvalue weighted by atomic mass is 35.5. The summed E-state index contributed by atoms with van der Waals surface area (Å²) in [6, 6.07) is 8.79. The van der Waals surface area contributed by atoms with Gasteiger partial charge >= 0.3 is 0 Å². The van der Waals surface area contributed by atoms with Crippen molar-refractivity contribution in [1.82, 2.24) is 9.97 Å². The molecule has 0 aliphatic rings. The van der Waals surface area contributed by atoms with Crippen molar-refractivity contribution in [2.45, 2.75) is 6.42 Å². The van der Waals surface area contributed by atoms with E-state index >= 15 is 0 Å². The second kappa shape index (κ2) is 6.70. The van der Waals surface area contributed by atoms with Crippen LogP contribution in [0.2, 0.25) is 5.02 Å². The predicted molar refractivity (Wildman–Crippen MR) is 72.2 cm³/mol. The molecule has 0 saturated heterocycles. The van der Waals surface area contributed by atoms with Gasteiger partial charge in [0.15, 0.2) is 0 Å². The van der Waals surface area contributed by atoms with Crippen molar-refractivity contribution in [1.29, 1.82) is 0 Å². The molecule has 1 N–H and O–H groups in total. The third kappa shape index (κ3) is 4.22. The van der Waals surface area contributed by atoms with Crippen LogP contribution in [0.1, 0.15) is 6.42 Å². The largest absolute Gasteiger partial charge is 0.491 e. The first-order valence-corrected chi connectivity index (χ1v) is 6.08. The van der Waals surface area contributed by atoms with Crippen molar-refractivity contribution < 1.29 is 9.53 Å². The molecule has 0 bridgehead atoms. The molecule has 6 heteroatoms. The van der Waals surface area contributed by atoms with Gasteiger partial charge < -0.3 is 4.74 Å². The lowest BCUT2D eigenvalue weighted by atomic mass is 10.3. The molecule has 0 radical (unpaired) electrons. The first kappa shape index (κ1) is 13.3. The molecule has 5 nitrogen and oxygen atoms in total. The van der Waals surface area contributed by atoms with Crippen LogP contribution < -0.4 is 10.1 Å². The highest BCUT2D eigenvalue weighted by Gasteiger charge is 2.05. The van der Waals surface area contributed by atoms with Gasteiger partial charge in [-0.15, -0.1) is 0 Å². The SMILES string of the molecule is O=C(CCOc1ccccc1Cl)Nc1ncccn1. The van der Waals surface area contributed by atoms with Crippen LogP contribution in [0.25, 0.3) is 0 Å². The fourth-order valence-corrected chi connectivity index (χ4v) is 1.56. The summed E-state index contributed by atoms with van der Waals surface area (Å²) in [5.74, 6) is 0.636. The number of carbonyl (C=O) groups excluding carboxylic acids is 1. The Morgan fingerprint density at radius 3 is 2.68 bits per heavy atom. The minimum Gasteiger partial charge on any atom is -0.491 e. The van der Waals surface area contributed by atoms with E-state index in [2.05, 4.69) is 15.3 Å². The number of rotatable bonds is 5. The summed E-state index contributed by atoms with van der Waals surface area (Å²) in [6.07, 6.45) is 3.31. The van der Waals surface area contributed by atoms with Crippen molar-refractivity contribution in [2.75, 3.05) is 11.9 Å². The van der Waals surface area contributed by atoms with Gasteiger partial charge in [-0.3, -0.25) is 10.1 Å². The predicted octanol–water partition coefficient (Wildman–Crippen LogP) is 2.54. The number of halogens is 1. The lowest BCUT2D eigenvalue weighted by Gasteiger charge is -2.07. The monoisotopic (exact) mass is 277 g/mol. The molecule has 1 aromatic heterocycles. The van der Waals surface area contributed by atoms with Gasteiger partial charge in [0.25, 0.3) is 0 Å². The summed E-state index contributed by atoms with van der Waals surface area (Å²) >= 11 is 5.92. The molecule has 19 heavy (non-hydrogen) atoms. The van der Waals surface area contributed by atoms with Gasteiger partial charge in [-0.05, 0) is 18.2 Å². The summed E-state index contributed by atoms with van der Waals surface area (Å²) in [5.41, 5.74) is 0. The van der Waals surface area contributed by atoms with Crippen LogP contribution in [0.15, 0.2) is 42.7 Å². The number of anilines is 1. The van der Waals surface area contributed by atoms with Crippen LogP contribution >= 0.6 is 11.6 Å². The van der Waals surface area contributed by atoms with E-state index in [1.54, 1.807) is 30.6 Å². The van der Waals surface area contributed by atoms with Gasteiger partial charge in [-0.2, -0.15) is 0 Å². The van der Waals surface area contributed by atoms with Gasteiger partial charge in [0.1, 0.15) is 5.75 Å². The molecule has 0 fully saturated rings. The van der Waals surface area contributed by atoms with Gasteiger partial charge in [-0.1, -0.05) is 23.7 Å². The van der Waals surface area contributed by atoms with Crippen LogP contribution in [0.5, 0.6) is 5.75 Å². The zero-order chi connectivity index (χ0) is 13.5. The molecule has 0 saturated carbocycles. The molecule has 2 aromatic rings. The van der Waals surface area contributed by atoms with E-state index < -0.39 is 0 Å². The molecule has 0 unspecified atom stereocenters. The van der Waals surface area contributed by atoms with Crippen molar-refractivity contribution in [2.24, 2.45) is 0 Å². The lowest BCUT2D eigenvalue weighted by molar-refractivity contribution is -0.116. The summed E-state index contributed by atoms with van der Waals surface area (Å²) in [6.45, 7) is 0.238. The Morgan fingerprint density at radius 1 is 1.21 bits per heavy atom. The summed E-state index contributed by atoms with van der Waals surface area (Å²) in [4.78, 5) is 19.4. The fraction of sp³-hybridized carbons (Fsp3) is 0.154. The number of nitrogens with one attached hydrogen (secondary N) is 1. The zero-order valence-electron chi connectivity index (χ0n) is 10.0. The fourth-order valence-electron chi connectivity index (χ4n) is 1.37. The summed E-state index contributed by atoms with van der Waals surface area (Å²) in [5, 5.41) is 3.09. The van der Waals surface area contributed by atoms with E-state index in [0.717, 1.165) is 0 Å². The molecule has 0 aliphatic heterocycles. The van der Waals surface area contributed by atoms with E-state index in [4.69, 9.17) is 16.3 Å². The number of amides is 1. The Kier molecular flexibility index (Phi) is 4.69. The van der Waals surface area contributed by atoms with Crippen molar-refractivity contribution in [3.63, 3.8) is 0 Å². The van der Waals surface area contributed by atoms with Crippen LogP contribution in [-0.4, -0.2) is 22.5 Å². The second-order valence-corrected chi connectivity index (χ2v) is 4.06. The number of ether oxygens (including phenoxy) is 1. The number of para-hydroxylation sites is 1. The maximum atomic E-state index is 11.6. The first-order valence-electron chi connectivity index (χ1n) is 5.70. The number of carbonyl (C=O) groups is 1. The van der Waals surface area contributed by atoms with Crippen LogP contribution in [0, 0.1) is 0 Å². The summed E-state index contributed by atoms with van der Waals surface area (Å²) < 4.78 is 5.41. The molecule has 1 aromatic carbocycles. The zero-order valence-corrected chi connectivity index (χ0v) is 10.8. The maximum absolute atomic E-state index is 11.6. The van der Waals surface area contributed by atoms with E-state index in [9.17, 15) is 4.79 Å². The average Bonchev–Trinajstić information content (AvgIpc) is 2.42. The molecule has 0 atom stereocenters. The Bertz CT molecular complexity index is 549. The smallest absolute Gasteiger partial charge is 0.230 e. The highest BCUT2D eigenvalue weighted by molar-refractivity contribution is 6.32.